The van der Waals surface area contributed by atoms with E-state index >= 15 is 0 Å². The van der Waals surface area contributed by atoms with Gasteiger partial charge < -0.3 is 0 Å². The number of amides is 4. The van der Waals surface area contributed by atoms with Gasteiger partial charge >= 0.3 is 6.03 Å². The summed E-state index contributed by atoms with van der Waals surface area (Å²) in [5, 5.41) is 0.832. The summed E-state index contributed by atoms with van der Waals surface area (Å²) in [6, 6.07) is 10.6. The van der Waals surface area contributed by atoms with Crippen molar-refractivity contribution < 1.29 is 23.2 Å². The average molecular weight is 441 g/mol. The maximum absolute atomic E-state index is 14.6. The van der Waals surface area contributed by atoms with E-state index < -0.39 is 49.7 Å². The Kier molecular flexibility index (Phi) is 6.49. The smallest absolute Gasteiger partial charge is 0.274 e. The molecular formula is C20H16Cl2F2N2O3. The first-order valence-electron chi connectivity index (χ1n) is 8.70. The number of halogens is 4. The van der Waals surface area contributed by atoms with E-state index in [4.69, 9.17) is 23.2 Å². The average Bonchev–Trinajstić information content (AvgIpc) is 2.69. The molecule has 1 aliphatic rings. The number of nitrogens with zero attached hydrogens (tertiary/aromatic N) is 2. The maximum atomic E-state index is 14.6. The lowest BCUT2D eigenvalue weighted by Crippen LogP contribution is -2.56. The molecule has 0 aliphatic carbocycles. The number of hydrogen-bond donors (Lipinski definition) is 0. The molecule has 0 bridgehead atoms. The summed E-state index contributed by atoms with van der Waals surface area (Å²) in [6.45, 7) is -1.16. The molecule has 1 fully saturated rings. The van der Waals surface area contributed by atoms with E-state index in [1.165, 1.54) is 48.5 Å². The van der Waals surface area contributed by atoms with Crippen molar-refractivity contribution in [1.29, 1.82) is 0 Å². The highest BCUT2D eigenvalue weighted by Crippen LogP contribution is 2.26. The van der Waals surface area contributed by atoms with Crippen LogP contribution in [0.25, 0.3) is 0 Å². The van der Waals surface area contributed by atoms with Gasteiger partial charge in [-0.2, -0.15) is 0 Å². The van der Waals surface area contributed by atoms with Crippen LogP contribution in [-0.4, -0.2) is 40.7 Å². The SMILES string of the molecule is O=C1CC(=O)N(C[C@H](F)c2ccc(Cl)cc2)C(=O)N1C[C@H](F)c1ccc(Cl)cc1. The number of carbonyl (C=O) groups excluding carboxylic acids is 3. The molecule has 0 aromatic heterocycles. The van der Waals surface area contributed by atoms with Gasteiger partial charge in [0.2, 0.25) is 11.8 Å². The van der Waals surface area contributed by atoms with Gasteiger partial charge in [-0.15, -0.1) is 0 Å². The zero-order chi connectivity index (χ0) is 21.1. The Morgan fingerprint density at radius 2 is 1.07 bits per heavy atom. The zero-order valence-electron chi connectivity index (χ0n) is 15.0. The van der Waals surface area contributed by atoms with Crippen molar-refractivity contribution in [2.24, 2.45) is 0 Å². The van der Waals surface area contributed by atoms with Crippen LogP contribution in [0.2, 0.25) is 10.0 Å². The van der Waals surface area contributed by atoms with Crippen LogP contribution in [0.15, 0.2) is 48.5 Å². The minimum absolute atomic E-state index is 0.225. The summed E-state index contributed by atoms with van der Waals surface area (Å²) >= 11 is 11.5. The van der Waals surface area contributed by atoms with Crippen LogP contribution < -0.4 is 0 Å². The highest BCUT2D eigenvalue weighted by atomic mass is 35.5. The lowest BCUT2D eigenvalue weighted by molar-refractivity contribution is -0.143. The predicted octanol–water partition coefficient (Wildman–Crippen LogP) is 4.90. The second-order valence-electron chi connectivity index (χ2n) is 6.51. The Hall–Kier alpha value is -2.51. The predicted molar refractivity (Wildman–Crippen MR) is 104 cm³/mol. The number of imide groups is 2. The van der Waals surface area contributed by atoms with E-state index in [0.717, 1.165) is 0 Å². The summed E-state index contributed by atoms with van der Waals surface area (Å²) < 4.78 is 29.2. The molecule has 2 aromatic carbocycles. The molecule has 0 unspecified atom stereocenters. The van der Waals surface area contributed by atoms with Crippen molar-refractivity contribution in [3.63, 3.8) is 0 Å². The normalized spacial score (nSPS) is 16.9. The Bertz CT molecular complexity index is 849. The third kappa shape index (κ3) is 4.92. The fourth-order valence-corrected chi connectivity index (χ4v) is 3.17. The van der Waals surface area contributed by atoms with E-state index in [1.54, 1.807) is 0 Å². The van der Waals surface area contributed by atoms with Crippen LogP contribution in [0.4, 0.5) is 13.6 Å². The molecule has 1 heterocycles. The monoisotopic (exact) mass is 440 g/mol. The molecule has 152 valence electrons. The van der Waals surface area contributed by atoms with E-state index in [0.29, 0.717) is 19.8 Å². The largest absolute Gasteiger partial charge is 0.333 e. The third-order valence-electron chi connectivity index (χ3n) is 4.52. The fourth-order valence-electron chi connectivity index (χ4n) is 2.91. The lowest BCUT2D eigenvalue weighted by Gasteiger charge is -2.34. The molecule has 1 aliphatic heterocycles. The van der Waals surface area contributed by atoms with Crippen molar-refractivity contribution in [1.82, 2.24) is 9.80 Å². The van der Waals surface area contributed by atoms with Crippen LogP contribution in [0, 0.1) is 0 Å². The number of alkyl halides is 2. The zero-order valence-corrected chi connectivity index (χ0v) is 16.5. The highest BCUT2D eigenvalue weighted by molar-refractivity contribution is 6.30. The number of urea groups is 1. The summed E-state index contributed by atoms with van der Waals surface area (Å²) in [4.78, 5) is 38.2. The van der Waals surface area contributed by atoms with Crippen molar-refractivity contribution >= 4 is 41.0 Å². The fraction of sp³-hybridized carbons (Fsp3) is 0.250. The summed E-state index contributed by atoms with van der Waals surface area (Å²) in [7, 11) is 0. The molecule has 4 amide bonds. The van der Waals surface area contributed by atoms with Crippen LogP contribution in [0.1, 0.15) is 29.9 Å². The molecule has 0 radical (unpaired) electrons. The van der Waals surface area contributed by atoms with Crippen molar-refractivity contribution in [2.75, 3.05) is 13.1 Å². The summed E-state index contributed by atoms with van der Waals surface area (Å²) in [5.74, 6) is -1.65. The molecule has 3 rings (SSSR count). The maximum Gasteiger partial charge on any atom is 0.333 e. The Morgan fingerprint density at radius 3 is 1.41 bits per heavy atom. The van der Waals surface area contributed by atoms with Crippen LogP contribution in [0.3, 0.4) is 0 Å². The molecule has 0 saturated carbocycles. The first-order chi connectivity index (χ1) is 13.8. The van der Waals surface area contributed by atoms with E-state index in [9.17, 15) is 23.2 Å². The third-order valence-corrected chi connectivity index (χ3v) is 5.02. The molecule has 0 N–H and O–H groups in total. The van der Waals surface area contributed by atoms with Gasteiger partial charge in [0, 0.05) is 10.0 Å². The van der Waals surface area contributed by atoms with Gasteiger partial charge in [0.15, 0.2) is 0 Å². The van der Waals surface area contributed by atoms with Gasteiger partial charge in [0.1, 0.15) is 18.8 Å². The summed E-state index contributed by atoms with van der Waals surface area (Å²) in [6.07, 6.45) is -3.98. The molecular weight excluding hydrogens is 425 g/mol. The van der Waals surface area contributed by atoms with Crippen molar-refractivity contribution in [3.05, 3.63) is 69.7 Å². The van der Waals surface area contributed by atoms with E-state index in [2.05, 4.69) is 0 Å². The number of rotatable bonds is 6. The van der Waals surface area contributed by atoms with Crippen LogP contribution in [0.5, 0.6) is 0 Å². The second kappa shape index (κ2) is 8.88. The molecule has 2 aromatic rings. The molecule has 2 atom stereocenters. The second-order valence-corrected chi connectivity index (χ2v) is 7.38. The minimum Gasteiger partial charge on any atom is -0.274 e. The first kappa shape index (κ1) is 21.2. The van der Waals surface area contributed by atoms with Gasteiger partial charge in [-0.3, -0.25) is 19.4 Å². The molecule has 29 heavy (non-hydrogen) atoms. The number of benzene rings is 2. The van der Waals surface area contributed by atoms with Gasteiger partial charge in [0.05, 0.1) is 13.1 Å². The van der Waals surface area contributed by atoms with Crippen molar-refractivity contribution in [2.45, 2.75) is 18.8 Å². The number of carbonyl (C=O) groups is 3. The van der Waals surface area contributed by atoms with E-state index in [-0.39, 0.29) is 11.1 Å². The number of barbiturate groups is 1. The van der Waals surface area contributed by atoms with Gasteiger partial charge in [-0.05, 0) is 35.4 Å². The first-order valence-corrected chi connectivity index (χ1v) is 9.45. The summed E-state index contributed by atoms with van der Waals surface area (Å²) in [5.41, 5.74) is 0.450. The molecule has 1 saturated heterocycles. The molecule has 5 nitrogen and oxygen atoms in total. The standard InChI is InChI=1S/C20H16Cl2F2N2O3/c21-14-5-1-12(2-6-14)16(23)10-25-18(27)9-19(28)26(20(25)29)11-17(24)13-3-7-15(22)8-4-13/h1-8,16-17H,9-11H2/t16-,17-/m0/s1. The Balaban J connectivity index is 1.73. The minimum atomic E-state index is -1.67. The quantitative estimate of drug-likeness (QED) is 0.600. The molecule has 0 spiro atoms. The highest BCUT2D eigenvalue weighted by Gasteiger charge is 2.40. The van der Waals surface area contributed by atoms with E-state index in [1.807, 2.05) is 0 Å². The van der Waals surface area contributed by atoms with Crippen LogP contribution >= 0.6 is 23.2 Å². The lowest BCUT2D eigenvalue weighted by atomic mass is 10.1. The number of hydrogen-bond acceptors (Lipinski definition) is 3. The van der Waals surface area contributed by atoms with Crippen molar-refractivity contribution in [3.8, 4) is 0 Å². The van der Waals surface area contributed by atoms with Crippen LogP contribution in [-0.2, 0) is 9.59 Å². The Morgan fingerprint density at radius 1 is 0.724 bits per heavy atom. The Labute approximate surface area is 175 Å². The van der Waals surface area contributed by atoms with Gasteiger partial charge in [-0.25, -0.2) is 13.6 Å². The molecule has 9 heteroatoms. The van der Waals surface area contributed by atoms with Gasteiger partial charge in [-0.1, -0.05) is 47.5 Å². The topological polar surface area (TPSA) is 57.7 Å². The van der Waals surface area contributed by atoms with Gasteiger partial charge in [0.25, 0.3) is 0 Å².